The molecule has 4 heteroatoms. The minimum Gasteiger partial charge on any atom is -0.497 e. The van der Waals surface area contributed by atoms with Gasteiger partial charge in [-0.05, 0) is 30.3 Å². The Morgan fingerprint density at radius 3 is 2.70 bits per heavy atom. The smallest absolute Gasteiger partial charge is 0.167 e. The van der Waals surface area contributed by atoms with Crippen molar-refractivity contribution in [1.82, 2.24) is 9.55 Å². The topological polar surface area (TPSA) is 47.0 Å². The average Bonchev–Trinajstić information content (AvgIpc) is 3.12. The number of aromatic nitrogens is 2. The van der Waals surface area contributed by atoms with Gasteiger partial charge < -0.3 is 14.3 Å². The molecular weight excluding hydrogens is 288 g/mol. The maximum atomic E-state index is 11.7. The van der Waals surface area contributed by atoms with Gasteiger partial charge in [-0.15, -0.1) is 0 Å². The van der Waals surface area contributed by atoms with Crippen molar-refractivity contribution in [2.24, 2.45) is 7.05 Å². The van der Waals surface area contributed by atoms with Crippen molar-refractivity contribution in [3.63, 3.8) is 0 Å². The van der Waals surface area contributed by atoms with E-state index in [1.807, 2.05) is 48.0 Å². The van der Waals surface area contributed by atoms with Crippen LogP contribution >= 0.6 is 0 Å². The Morgan fingerprint density at radius 1 is 1.13 bits per heavy atom. The van der Waals surface area contributed by atoms with Crippen molar-refractivity contribution in [2.75, 3.05) is 7.11 Å². The van der Waals surface area contributed by atoms with E-state index < -0.39 is 0 Å². The van der Waals surface area contributed by atoms with Gasteiger partial charge in [0.2, 0.25) is 0 Å². The summed E-state index contributed by atoms with van der Waals surface area (Å²) in [5.41, 5.74) is 4.56. The van der Waals surface area contributed by atoms with Gasteiger partial charge >= 0.3 is 0 Å². The number of para-hydroxylation sites is 1. The third-order valence-electron chi connectivity index (χ3n) is 4.36. The third-order valence-corrected chi connectivity index (χ3v) is 4.36. The Labute approximate surface area is 133 Å². The summed E-state index contributed by atoms with van der Waals surface area (Å²) < 4.78 is 7.27. The molecule has 0 aliphatic heterocycles. The Morgan fingerprint density at radius 2 is 1.96 bits per heavy atom. The van der Waals surface area contributed by atoms with Crippen molar-refractivity contribution in [1.29, 1.82) is 0 Å². The molecular formula is C19H16N2O2. The Balaban J connectivity index is 2.09. The fourth-order valence-corrected chi connectivity index (χ4v) is 3.20. The van der Waals surface area contributed by atoms with Crippen LogP contribution in [0.1, 0.15) is 10.5 Å². The fourth-order valence-electron chi connectivity index (χ4n) is 3.20. The molecule has 23 heavy (non-hydrogen) atoms. The Hall–Kier alpha value is -3.01. The molecule has 2 aromatic heterocycles. The standard InChI is InChI=1S/C19H16N2O2/c1-21-17-8-7-13(23-2)10-14(17)19(18(21)11-22)16-9-12-5-3-4-6-15(12)20-16/h3-11,20H,1-2H3. The van der Waals surface area contributed by atoms with E-state index in [1.54, 1.807) is 7.11 Å². The van der Waals surface area contributed by atoms with E-state index in [0.717, 1.165) is 45.1 Å². The predicted molar refractivity (Wildman–Crippen MR) is 92.2 cm³/mol. The van der Waals surface area contributed by atoms with Crippen molar-refractivity contribution < 1.29 is 9.53 Å². The summed E-state index contributed by atoms with van der Waals surface area (Å²) in [6, 6.07) is 16.0. The van der Waals surface area contributed by atoms with Crippen molar-refractivity contribution in [3.05, 3.63) is 54.2 Å². The third kappa shape index (κ3) is 1.95. The maximum absolute atomic E-state index is 11.7. The molecule has 0 aliphatic carbocycles. The molecule has 0 saturated heterocycles. The second-order valence-corrected chi connectivity index (χ2v) is 5.59. The SMILES string of the molecule is COc1ccc2c(c1)c(-c1cc3ccccc3[nH]1)c(C=O)n2C. The number of methoxy groups -OCH3 is 1. The van der Waals surface area contributed by atoms with Gasteiger partial charge in [-0.1, -0.05) is 18.2 Å². The summed E-state index contributed by atoms with van der Waals surface area (Å²) >= 11 is 0. The normalized spacial score (nSPS) is 11.2. The lowest BCUT2D eigenvalue weighted by Crippen LogP contribution is -1.95. The molecule has 2 aromatic carbocycles. The van der Waals surface area contributed by atoms with Crippen LogP contribution in [0, 0.1) is 0 Å². The van der Waals surface area contributed by atoms with Gasteiger partial charge in [0.1, 0.15) is 5.75 Å². The zero-order valence-corrected chi connectivity index (χ0v) is 13.0. The number of aldehydes is 1. The number of benzene rings is 2. The number of fused-ring (bicyclic) bond motifs is 2. The van der Waals surface area contributed by atoms with Crippen LogP contribution in [0.4, 0.5) is 0 Å². The van der Waals surface area contributed by atoms with Gasteiger partial charge in [-0.2, -0.15) is 0 Å². The van der Waals surface area contributed by atoms with Crippen molar-refractivity contribution in [3.8, 4) is 17.0 Å². The number of ether oxygens (including phenoxy) is 1. The minimum absolute atomic E-state index is 0.653. The number of hydrogen-bond donors (Lipinski definition) is 1. The number of nitrogens with one attached hydrogen (secondary N) is 1. The highest BCUT2D eigenvalue weighted by molar-refractivity contribution is 6.06. The molecule has 0 atom stereocenters. The molecule has 0 bridgehead atoms. The maximum Gasteiger partial charge on any atom is 0.167 e. The molecule has 1 N–H and O–H groups in total. The Bertz CT molecular complexity index is 1010. The highest BCUT2D eigenvalue weighted by Gasteiger charge is 2.18. The van der Waals surface area contributed by atoms with Crippen LogP contribution in [0.25, 0.3) is 33.1 Å². The van der Waals surface area contributed by atoms with E-state index in [4.69, 9.17) is 4.74 Å². The van der Waals surface area contributed by atoms with E-state index in [2.05, 4.69) is 17.1 Å². The van der Waals surface area contributed by atoms with E-state index in [9.17, 15) is 4.79 Å². The molecule has 2 heterocycles. The summed E-state index contributed by atoms with van der Waals surface area (Å²) in [6.45, 7) is 0. The molecule has 4 nitrogen and oxygen atoms in total. The summed E-state index contributed by atoms with van der Waals surface area (Å²) in [5, 5.41) is 2.12. The fraction of sp³-hybridized carbons (Fsp3) is 0.105. The minimum atomic E-state index is 0.653. The van der Waals surface area contributed by atoms with Crippen LogP contribution in [-0.4, -0.2) is 22.9 Å². The molecule has 4 rings (SSSR count). The first-order chi connectivity index (χ1) is 11.2. The van der Waals surface area contributed by atoms with Crippen molar-refractivity contribution >= 4 is 28.1 Å². The van der Waals surface area contributed by atoms with E-state index in [-0.39, 0.29) is 0 Å². The monoisotopic (exact) mass is 304 g/mol. The molecule has 0 aliphatic rings. The first-order valence-electron chi connectivity index (χ1n) is 7.42. The van der Waals surface area contributed by atoms with Gasteiger partial charge in [0.25, 0.3) is 0 Å². The van der Waals surface area contributed by atoms with Crippen molar-refractivity contribution in [2.45, 2.75) is 0 Å². The van der Waals surface area contributed by atoms with Gasteiger partial charge in [-0.3, -0.25) is 4.79 Å². The lowest BCUT2D eigenvalue weighted by Gasteiger charge is -2.01. The number of carbonyl (C=O) groups is 1. The second kappa shape index (κ2) is 5.02. The zero-order chi connectivity index (χ0) is 16.0. The van der Waals surface area contributed by atoms with Gasteiger partial charge in [0.15, 0.2) is 6.29 Å². The predicted octanol–water partition coefficient (Wildman–Crippen LogP) is 4.15. The first-order valence-corrected chi connectivity index (χ1v) is 7.42. The highest BCUT2D eigenvalue weighted by Crippen LogP contribution is 2.36. The molecule has 114 valence electrons. The van der Waals surface area contributed by atoms with Crippen LogP contribution in [-0.2, 0) is 7.05 Å². The van der Waals surface area contributed by atoms with E-state index in [0.29, 0.717) is 5.69 Å². The summed E-state index contributed by atoms with van der Waals surface area (Å²) in [7, 11) is 3.55. The molecule has 0 spiro atoms. The first kappa shape index (κ1) is 13.6. The highest BCUT2D eigenvalue weighted by atomic mass is 16.5. The summed E-state index contributed by atoms with van der Waals surface area (Å²) in [6.07, 6.45) is 0.910. The van der Waals surface area contributed by atoms with Gasteiger partial charge in [0.05, 0.1) is 12.8 Å². The Kier molecular flexibility index (Phi) is 2.98. The lowest BCUT2D eigenvalue weighted by atomic mass is 10.1. The molecule has 0 fully saturated rings. The molecule has 0 unspecified atom stereocenters. The number of H-pyrrole nitrogens is 1. The van der Waals surface area contributed by atoms with Gasteiger partial charge in [0, 0.05) is 40.1 Å². The quantitative estimate of drug-likeness (QED) is 0.578. The van der Waals surface area contributed by atoms with Crippen LogP contribution in [0.15, 0.2) is 48.5 Å². The summed E-state index contributed by atoms with van der Waals surface area (Å²) in [4.78, 5) is 15.1. The van der Waals surface area contributed by atoms with E-state index >= 15 is 0 Å². The molecule has 0 saturated carbocycles. The lowest BCUT2D eigenvalue weighted by molar-refractivity contribution is 0.111. The van der Waals surface area contributed by atoms with Crippen LogP contribution in [0.3, 0.4) is 0 Å². The number of nitrogens with zero attached hydrogens (tertiary/aromatic N) is 1. The average molecular weight is 304 g/mol. The molecule has 0 amide bonds. The number of hydrogen-bond acceptors (Lipinski definition) is 2. The van der Waals surface area contributed by atoms with Crippen LogP contribution in [0.5, 0.6) is 5.75 Å². The zero-order valence-electron chi connectivity index (χ0n) is 13.0. The van der Waals surface area contributed by atoms with E-state index in [1.165, 1.54) is 0 Å². The second-order valence-electron chi connectivity index (χ2n) is 5.59. The van der Waals surface area contributed by atoms with Crippen LogP contribution < -0.4 is 4.74 Å². The largest absolute Gasteiger partial charge is 0.497 e. The number of carbonyl (C=O) groups excluding carboxylic acids is 1. The molecule has 4 aromatic rings. The molecule has 0 radical (unpaired) electrons. The van der Waals surface area contributed by atoms with Gasteiger partial charge in [-0.25, -0.2) is 0 Å². The number of rotatable bonds is 3. The number of aromatic amines is 1. The summed E-state index contributed by atoms with van der Waals surface area (Å²) in [5.74, 6) is 0.776. The van der Waals surface area contributed by atoms with Crippen LogP contribution in [0.2, 0.25) is 0 Å². The number of aryl methyl sites for hydroxylation is 1.